The van der Waals surface area contributed by atoms with Gasteiger partial charge in [-0.3, -0.25) is 9.59 Å². The molecule has 6 nitrogen and oxygen atoms in total. The van der Waals surface area contributed by atoms with Crippen molar-refractivity contribution in [2.75, 3.05) is 0 Å². The molecule has 0 saturated carbocycles. The highest BCUT2D eigenvalue weighted by Crippen LogP contribution is 2.32. The van der Waals surface area contributed by atoms with Gasteiger partial charge in [0.1, 0.15) is 5.75 Å². The van der Waals surface area contributed by atoms with Crippen molar-refractivity contribution in [3.8, 4) is 5.75 Å². The molecule has 10 heteroatoms. The molecule has 0 aliphatic rings. The molecule has 4 rings (SSSR count). The van der Waals surface area contributed by atoms with E-state index >= 15 is 0 Å². The van der Waals surface area contributed by atoms with Crippen LogP contribution in [0.15, 0.2) is 53.3 Å². The van der Waals surface area contributed by atoms with Gasteiger partial charge in [-0.05, 0) is 35.9 Å². The van der Waals surface area contributed by atoms with E-state index in [1.807, 2.05) is 24.3 Å². The summed E-state index contributed by atoms with van der Waals surface area (Å²) in [6.07, 6.45) is 0.622. The second-order valence-electron chi connectivity index (χ2n) is 7.41. The van der Waals surface area contributed by atoms with Crippen molar-refractivity contribution in [3.05, 3.63) is 69.0 Å². The summed E-state index contributed by atoms with van der Waals surface area (Å²) in [4.78, 5) is 30.0. The van der Waals surface area contributed by atoms with Crippen molar-refractivity contribution in [1.82, 2.24) is 14.7 Å². The molecule has 0 fully saturated rings. The Labute approximate surface area is 202 Å². The van der Waals surface area contributed by atoms with E-state index in [1.165, 1.54) is 11.3 Å². The van der Waals surface area contributed by atoms with Crippen LogP contribution < -0.4 is 20.1 Å². The number of carbonyl (C=O) groups excluding carboxylic acids is 1. The zero-order valence-electron chi connectivity index (χ0n) is 17.0. The Morgan fingerprint density at radius 1 is 1.16 bits per heavy atom. The number of amides is 1. The number of aromatic nitrogens is 2. The van der Waals surface area contributed by atoms with Crippen molar-refractivity contribution >= 4 is 74.1 Å². The smallest absolute Gasteiger partial charge is 0.274 e. The zero-order chi connectivity index (χ0) is 23.0. The molecule has 0 saturated heterocycles. The van der Waals surface area contributed by atoms with Crippen molar-refractivity contribution in [3.63, 3.8) is 0 Å². The fraction of sp³-hybridized carbons (Fsp3) is 0.227. The number of thiazole rings is 1. The molecule has 1 N–H and O–H groups in total. The summed E-state index contributed by atoms with van der Waals surface area (Å²) in [5.41, 5.74) is 2.25. The third kappa shape index (κ3) is 4.71. The highest BCUT2D eigenvalue weighted by atomic mass is 35.6. The lowest BCUT2D eigenvalue weighted by Crippen LogP contribution is -2.49. The van der Waals surface area contributed by atoms with Gasteiger partial charge >= 0.3 is 0 Å². The predicted molar refractivity (Wildman–Crippen MR) is 130 cm³/mol. The van der Waals surface area contributed by atoms with Crippen molar-refractivity contribution in [2.45, 2.75) is 23.9 Å². The Morgan fingerprint density at radius 2 is 1.84 bits per heavy atom. The summed E-state index contributed by atoms with van der Waals surface area (Å²) < 4.78 is 6.02. The van der Waals surface area contributed by atoms with Crippen LogP contribution in [-0.4, -0.2) is 25.3 Å². The molecule has 2 heterocycles. The van der Waals surface area contributed by atoms with E-state index in [0.717, 1.165) is 16.6 Å². The topological polar surface area (TPSA) is 72.7 Å². The minimum atomic E-state index is -1.86. The SMILES string of the molecule is CC(C)C(=O)NC(Oc1ccc(/C=c2\sc3nc4ccccc4n3c2=O)cc1)C(Cl)(Cl)Cl. The lowest BCUT2D eigenvalue weighted by molar-refractivity contribution is -0.126. The summed E-state index contributed by atoms with van der Waals surface area (Å²) >= 11 is 19.2. The maximum Gasteiger partial charge on any atom is 0.274 e. The number of carbonyl (C=O) groups is 1. The quantitative estimate of drug-likeness (QED) is 0.321. The van der Waals surface area contributed by atoms with Crippen molar-refractivity contribution < 1.29 is 9.53 Å². The van der Waals surface area contributed by atoms with E-state index in [2.05, 4.69) is 10.3 Å². The summed E-state index contributed by atoms with van der Waals surface area (Å²) in [5.74, 6) is -0.197. The van der Waals surface area contributed by atoms with Gasteiger partial charge in [-0.2, -0.15) is 0 Å². The third-order valence-electron chi connectivity index (χ3n) is 4.67. The Morgan fingerprint density at radius 3 is 2.50 bits per heavy atom. The number of nitrogens with zero attached hydrogens (tertiary/aromatic N) is 2. The fourth-order valence-electron chi connectivity index (χ4n) is 3.02. The highest BCUT2D eigenvalue weighted by molar-refractivity contribution is 7.15. The van der Waals surface area contributed by atoms with E-state index in [4.69, 9.17) is 39.5 Å². The first-order valence-corrected chi connectivity index (χ1v) is 11.6. The molecule has 2 aromatic heterocycles. The molecular weight excluding hydrogens is 493 g/mol. The maximum atomic E-state index is 12.9. The number of hydrogen-bond donors (Lipinski definition) is 1. The zero-order valence-corrected chi connectivity index (χ0v) is 20.1. The number of imidazole rings is 1. The average molecular weight is 511 g/mol. The molecule has 0 radical (unpaired) electrons. The second kappa shape index (κ2) is 8.90. The first kappa shape index (κ1) is 22.9. The normalized spacial score (nSPS) is 13.8. The van der Waals surface area contributed by atoms with Crippen LogP contribution in [0.5, 0.6) is 5.75 Å². The van der Waals surface area contributed by atoms with Gasteiger partial charge in [0.15, 0.2) is 4.96 Å². The van der Waals surface area contributed by atoms with Crippen LogP contribution in [0.4, 0.5) is 0 Å². The van der Waals surface area contributed by atoms with E-state index in [9.17, 15) is 9.59 Å². The number of halogens is 3. The summed E-state index contributed by atoms with van der Waals surface area (Å²) in [6, 6.07) is 14.4. The number of para-hydroxylation sites is 2. The van der Waals surface area contributed by atoms with Crippen LogP contribution in [0.25, 0.3) is 22.1 Å². The first-order chi connectivity index (χ1) is 15.1. The third-order valence-corrected chi connectivity index (χ3v) is 6.24. The Bertz CT molecular complexity index is 1390. The molecule has 0 bridgehead atoms. The molecule has 1 unspecified atom stereocenters. The van der Waals surface area contributed by atoms with Crippen LogP contribution in [-0.2, 0) is 4.79 Å². The van der Waals surface area contributed by atoms with Gasteiger partial charge in [-0.15, -0.1) is 0 Å². The number of benzene rings is 2. The van der Waals surface area contributed by atoms with Crippen LogP contribution in [0, 0.1) is 5.92 Å². The van der Waals surface area contributed by atoms with Gasteiger partial charge in [0.25, 0.3) is 5.56 Å². The number of nitrogens with one attached hydrogen (secondary N) is 1. The molecule has 32 heavy (non-hydrogen) atoms. The Hall–Kier alpha value is -2.32. The van der Waals surface area contributed by atoms with E-state index in [-0.39, 0.29) is 17.4 Å². The van der Waals surface area contributed by atoms with E-state index in [1.54, 1.807) is 48.6 Å². The molecule has 0 spiro atoms. The minimum Gasteiger partial charge on any atom is -0.466 e. The molecule has 1 amide bonds. The molecule has 166 valence electrons. The molecular formula is C22H18Cl3N3O3S. The standard InChI is InChI=1S/C22H18Cl3N3O3S/c1-12(2)18(29)27-20(22(23,24)25)31-14-9-7-13(8-10-14)11-17-19(30)28-16-6-4-3-5-15(16)26-21(28)32-17/h3-12,20H,1-2H3,(H,27,29)/b17-11-. The van der Waals surface area contributed by atoms with E-state index < -0.39 is 10.0 Å². The number of rotatable bonds is 5. The number of hydrogen-bond acceptors (Lipinski definition) is 5. The summed E-state index contributed by atoms with van der Waals surface area (Å²) in [6.45, 7) is 3.45. The predicted octanol–water partition coefficient (Wildman–Crippen LogP) is 4.30. The average Bonchev–Trinajstić information content (AvgIpc) is 3.24. The number of ether oxygens (including phenoxy) is 1. The lowest BCUT2D eigenvalue weighted by Gasteiger charge is -2.27. The van der Waals surface area contributed by atoms with Crippen LogP contribution in [0.3, 0.4) is 0 Å². The van der Waals surface area contributed by atoms with E-state index in [0.29, 0.717) is 15.2 Å². The molecule has 2 aromatic carbocycles. The Kier molecular flexibility index (Phi) is 6.36. The molecule has 4 aromatic rings. The van der Waals surface area contributed by atoms with Gasteiger partial charge in [0.05, 0.1) is 15.6 Å². The molecule has 0 aliphatic heterocycles. The van der Waals surface area contributed by atoms with Crippen LogP contribution >= 0.6 is 46.1 Å². The van der Waals surface area contributed by atoms with Crippen molar-refractivity contribution in [2.24, 2.45) is 5.92 Å². The molecule has 0 aliphatic carbocycles. The largest absolute Gasteiger partial charge is 0.466 e. The fourth-order valence-corrected chi connectivity index (χ4v) is 4.30. The van der Waals surface area contributed by atoms with Crippen molar-refractivity contribution in [1.29, 1.82) is 0 Å². The van der Waals surface area contributed by atoms with Crippen LogP contribution in [0.2, 0.25) is 0 Å². The number of fused-ring (bicyclic) bond motifs is 3. The highest BCUT2D eigenvalue weighted by Gasteiger charge is 2.36. The second-order valence-corrected chi connectivity index (χ2v) is 10.8. The maximum absolute atomic E-state index is 12.9. The Balaban J connectivity index is 1.60. The summed E-state index contributed by atoms with van der Waals surface area (Å²) in [7, 11) is 0. The minimum absolute atomic E-state index is 0.119. The van der Waals surface area contributed by atoms with Crippen LogP contribution in [0.1, 0.15) is 19.4 Å². The van der Waals surface area contributed by atoms with Gasteiger partial charge in [0, 0.05) is 5.92 Å². The monoisotopic (exact) mass is 509 g/mol. The number of alkyl halides is 3. The van der Waals surface area contributed by atoms with Gasteiger partial charge in [-0.1, -0.05) is 84.3 Å². The van der Waals surface area contributed by atoms with Gasteiger partial charge < -0.3 is 10.1 Å². The van der Waals surface area contributed by atoms with Gasteiger partial charge in [-0.25, -0.2) is 9.38 Å². The van der Waals surface area contributed by atoms with Gasteiger partial charge in [0.2, 0.25) is 15.9 Å². The first-order valence-electron chi connectivity index (χ1n) is 9.69. The molecule has 1 atom stereocenters. The lowest BCUT2D eigenvalue weighted by atomic mass is 10.2. The summed E-state index contributed by atoms with van der Waals surface area (Å²) in [5, 5.41) is 2.58.